The van der Waals surface area contributed by atoms with Gasteiger partial charge in [0.1, 0.15) is 5.76 Å². The van der Waals surface area contributed by atoms with Crippen LogP contribution in [0.5, 0.6) is 0 Å². The lowest BCUT2D eigenvalue weighted by molar-refractivity contribution is -0.122. The Morgan fingerprint density at radius 1 is 1.25 bits per heavy atom. The third-order valence-electron chi connectivity index (χ3n) is 3.32. The number of hydrazone groups is 1. The Hall–Kier alpha value is -2.38. The lowest BCUT2D eigenvalue weighted by Crippen LogP contribution is -2.22. The first-order chi connectivity index (χ1) is 11.5. The predicted octanol–water partition coefficient (Wildman–Crippen LogP) is 3.58. The summed E-state index contributed by atoms with van der Waals surface area (Å²) >= 11 is 6.48. The second-order valence-electron chi connectivity index (χ2n) is 5.24. The summed E-state index contributed by atoms with van der Waals surface area (Å²) in [5.74, 6) is 0.330. The van der Waals surface area contributed by atoms with Crippen molar-refractivity contribution in [3.8, 4) is 0 Å². The molecule has 0 N–H and O–H groups in total. The van der Waals surface area contributed by atoms with Gasteiger partial charge in [-0.2, -0.15) is 10.1 Å². The minimum Gasteiger partial charge on any atom is -0.463 e. The molecule has 1 aliphatic rings. The maximum atomic E-state index is 12.5. The Morgan fingerprint density at radius 3 is 2.62 bits per heavy atom. The van der Waals surface area contributed by atoms with E-state index in [2.05, 4.69) is 5.10 Å². The molecule has 1 aliphatic heterocycles. The maximum absolute atomic E-state index is 12.5. The van der Waals surface area contributed by atoms with Gasteiger partial charge in [-0.3, -0.25) is 4.79 Å². The van der Waals surface area contributed by atoms with E-state index in [1.165, 1.54) is 23.0 Å². The van der Waals surface area contributed by atoms with Crippen molar-refractivity contribution in [3.63, 3.8) is 0 Å². The summed E-state index contributed by atoms with van der Waals surface area (Å²) in [6.45, 7) is 0. The van der Waals surface area contributed by atoms with E-state index in [4.69, 9.17) is 16.6 Å². The van der Waals surface area contributed by atoms with E-state index < -0.39 is 0 Å². The lowest BCUT2D eigenvalue weighted by atomic mass is 10.2. The van der Waals surface area contributed by atoms with Gasteiger partial charge in [0.25, 0.3) is 5.91 Å². The first-order valence-electron chi connectivity index (χ1n) is 7.17. The minimum absolute atomic E-state index is 0.232. The van der Waals surface area contributed by atoms with Gasteiger partial charge in [0.05, 0.1) is 17.4 Å². The molecule has 0 unspecified atom stereocenters. The van der Waals surface area contributed by atoms with Crippen molar-refractivity contribution in [1.82, 2.24) is 5.01 Å². The normalized spacial score (nSPS) is 16.6. The van der Waals surface area contributed by atoms with Crippen LogP contribution in [0.15, 0.2) is 57.1 Å². The van der Waals surface area contributed by atoms with E-state index in [0.29, 0.717) is 15.0 Å². The van der Waals surface area contributed by atoms with Crippen molar-refractivity contribution in [3.05, 3.63) is 58.9 Å². The molecule has 0 saturated carbocycles. The van der Waals surface area contributed by atoms with E-state index in [0.717, 1.165) is 11.3 Å². The Kier molecular flexibility index (Phi) is 4.82. The molecule has 1 aromatic carbocycles. The van der Waals surface area contributed by atoms with Gasteiger partial charge in [-0.15, -0.1) is 0 Å². The third-order valence-corrected chi connectivity index (χ3v) is 4.61. The number of carbonyl (C=O) groups excluding carboxylic acids is 1. The summed E-state index contributed by atoms with van der Waals surface area (Å²) in [5.41, 5.74) is 2.04. The van der Waals surface area contributed by atoms with Crippen molar-refractivity contribution < 1.29 is 9.21 Å². The van der Waals surface area contributed by atoms with E-state index in [1.54, 1.807) is 18.4 Å². The lowest BCUT2D eigenvalue weighted by Gasteiger charge is -2.11. The number of carbonyl (C=O) groups is 1. The molecule has 1 fully saturated rings. The van der Waals surface area contributed by atoms with Crippen LogP contribution in [0, 0.1) is 0 Å². The number of hydrogen-bond acceptors (Lipinski definition) is 6. The molecule has 1 amide bonds. The number of nitrogens with zero attached hydrogens (tertiary/aromatic N) is 3. The molecule has 1 aromatic heterocycles. The number of rotatable bonds is 4. The average molecular weight is 357 g/mol. The molecular weight excluding hydrogens is 342 g/mol. The Bertz CT molecular complexity index is 809. The number of furan rings is 1. The first-order valence-corrected chi connectivity index (χ1v) is 8.40. The van der Waals surface area contributed by atoms with E-state index in [9.17, 15) is 4.79 Å². The first kappa shape index (κ1) is 16.5. The van der Waals surface area contributed by atoms with Gasteiger partial charge in [0.15, 0.2) is 4.32 Å². The van der Waals surface area contributed by atoms with Crippen molar-refractivity contribution in [2.75, 3.05) is 19.0 Å². The van der Waals surface area contributed by atoms with Crippen LogP contribution in [0.25, 0.3) is 6.08 Å². The van der Waals surface area contributed by atoms with E-state index >= 15 is 0 Å². The zero-order valence-electron chi connectivity index (χ0n) is 13.2. The van der Waals surface area contributed by atoms with Gasteiger partial charge < -0.3 is 9.32 Å². The van der Waals surface area contributed by atoms with Crippen LogP contribution >= 0.6 is 24.0 Å². The van der Waals surface area contributed by atoms with Crippen LogP contribution < -0.4 is 4.90 Å². The summed E-state index contributed by atoms with van der Waals surface area (Å²) < 4.78 is 5.56. The SMILES string of the molecule is CN(C)c1ccc(/C=C2/SC(=S)N(/N=C/c3ccco3)C2=O)cc1. The summed E-state index contributed by atoms with van der Waals surface area (Å²) in [5, 5.41) is 5.32. The average Bonchev–Trinajstić information content (AvgIpc) is 3.16. The smallest absolute Gasteiger partial charge is 0.286 e. The topological polar surface area (TPSA) is 49.0 Å². The molecule has 0 spiro atoms. The molecule has 0 atom stereocenters. The van der Waals surface area contributed by atoms with Gasteiger partial charge in [-0.1, -0.05) is 23.9 Å². The molecule has 2 heterocycles. The fraction of sp³-hybridized carbons (Fsp3) is 0.118. The summed E-state index contributed by atoms with van der Waals surface area (Å²) in [6.07, 6.45) is 4.84. The van der Waals surface area contributed by atoms with E-state index in [-0.39, 0.29) is 5.91 Å². The molecule has 0 aliphatic carbocycles. The molecule has 0 radical (unpaired) electrons. The molecule has 5 nitrogen and oxygen atoms in total. The zero-order valence-corrected chi connectivity index (χ0v) is 14.8. The number of anilines is 1. The molecule has 24 heavy (non-hydrogen) atoms. The monoisotopic (exact) mass is 357 g/mol. The molecular formula is C17H15N3O2S2. The largest absolute Gasteiger partial charge is 0.463 e. The Labute approximate surface area is 149 Å². The van der Waals surface area contributed by atoms with Crippen LogP contribution in [-0.2, 0) is 4.79 Å². The standard InChI is InChI=1S/C17H15N3O2S2/c1-19(2)13-7-5-12(6-8-13)10-15-16(21)20(17(23)24-15)18-11-14-4-3-9-22-14/h3-11H,1-2H3/b15-10+,18-11+. The highest BCUT2D eigenvalue weighted by Gasteiger charge is 2.32. The molecule has 0 bridgehead atoms. The van der Waals surface area contributed by atoms with Crippen LogP contribution in [-0.4, -0.2) is 35.5 Å². The number of thioether (sulfide) groups is 1. The number of benzene rings is 1. The van der Waals surface area contributed by atoms with E-state index in [1.807, 2.05) is 49.3 Å². The Morgan fingerprint density at radius 2 is 2.00 bits per heavy atom. The van der Waals surface area contributed by atoms with Crippen LogP contribution in [0.1, 0.15) is 11.3 Å². The summed E-state index contributed by atoms with van der Waals surface area (Å²) in [6, 6.07) is 11.4. The van der Waals surface area contributed by atoms with Gasteiger partial charge in [-0.25, -0.2) is 0 Å². The van der Waals surface area contributed by atoms with Gasteiger partial charge >= 0.3 is 0 Å². The highest BCUT2D eigenvalue weighted by atomic mass is 32.2. The van der Waals surface area contributed by atoms with Crippen molar-refractivity contribution in [2.45, 2.75) is 0 Å². The maximum Gasteiger partial charge on any atom is 0.286 e. The molecule has 7 heteroatoms. The highest BCUT2D eigenvalue weighted by Crippen LogP contribution is 2.32. The Balaban J connectivity index is 1.77. The number of thiocarbonyl (C=S) groups is 1. The van der Waals surface area contributed by atoms with Crippen LogP contribution in [0.3, 0.4) is 0 Å². The van der Waals surface area contributed by atoms with Crippen molar-refractivity contribution >= 4 is 52.2 Å². The number of hydrogen-bond donors (Lipinski definition) is 0. The molecule has 3 rings (SSSR count). The molecule has 2 aromatic rings. The minimum atomic E-state index is -0.232. The summed E-state index contributed by atoms with van der Waals surface area (Å²) in [4.78, 5) is 15.0. The van der Waals surface area contributed by atoms with Crippen LogP contribution in [0.4, 0.5) is 5.69 Å². The summed E-state index contributed by atoms with van der Waals surface area (Å²) in [7, 11) is 3.97. The van der Waals surface area contributed by atoms with Crippen LogP contribution in [0.2, 0.25) is 0 Å². The second kappa shape index (κ2) is 7.02. The predicted molar refractivity (Wildman–Crippen MR) is 102 cm³/mol. The number of amides is 1. The highest BCUT2D eigenvalue weighted by molar-refractivity contribution is 8.26. The van der Waals surface area contributed by atoms with Crippen molar-refractivity contribution in [2.24, 2.45) is 5.10 Å². The van der Waals surface area contributed by atoms with Gasteiger partial charge in [-0.05, 0) is 48.1 Å². The van der Waals surface area contributed by atoms with Crippen molar-refractivity contribution in [1.29, 1.82) is 0 Å². The van der Waals surface area contributed by atoms with Gasteiger partial charge in [0, 0.05) is 19.8 Å². The molecule has 122 valence electrons. The second-order valence-corrected chi connectivity index (χ2v) is 6.92. The third kappa shape index (κ3) is 3.58. The quantitative estimate of drug-likeness (QED) is 0.475. The molecule has 1 saturated heterocycles. The fourth-order valence-corrected chi connectivity index (χ4v) is 3.23. The fourth-order valence-electron chi connectivity index (χ4n) is 2.06. The van der Waals surface area contributed by atoms with Gasteiger partial charge in [0.2, 0.25) is 0 Å². The zero-order chi connectivity index (χ0) is 17.1.